The Morgan fingerprint density at radius 3 is 2.93 bits per heavy atom. The first-order chi connectivity index (χ1) is 13.2. The molecule has 1 aliphatic heterocycles. The van der Waals surface area contributed by atoms with Gasteiger partial charge in [-0.25, -0.2) is 0 Å². The molecule has 1 aromatic carbocycles. The number of likely N-dealkylation sites (tertiary alicyclic amines) is 1. The van der Waals surface area contributed by atoms with Crippen molar-refractivity contribution in [1.82, 2.24) is 30.1 Å². The number of carbonyl (C=O) groups excluding carboxylic acids is 2. The average Bonchev–Trinajstić information content (AvgIpc) is 3.35. The van der Waals surface area contributed by atoms with E-state index in [1.807, 2.05) is 18.2 Å². The highest BCUT2D eigenvalue weighted by Crippen LogP contribution is 2.29. The van der Waals surface area contributed by atoms with Crippen molar-refractivity contribution < 1.29 is 14.1 Å². The molecule has 4 rings (SSSR count). The highest BCUT2D eigenvalue weighted by Gasteiger charge is 2.25. The Balaban J connectivity index is 1.57. The van der Waals surface area contributed by atoms with Gasteiger partial charge < -0.3 is 14.7 Å². The molecule has 9 heteroatoms. The van der Waals surface area contributed by atoms with Gasteiger partial charge in [0.2, 0.25) is 24.0 Å². The summed E-state index contributed by atoms with van der Waals surface area (Å²) in [7, 11) is 1.60. The zero-order valence-electron chi connectivity index (χ0n) is 15.0. The van der Waals surface area contributed by atoms with E-state index in [0.29, 0.717) is 24.8 Å². The fourth-order valence-corrected chi connectivity index (χ4v) is 3.32. The zero-order chi connectivity index (χ0) is 18.8. The number of piperidine rings is 1. The lowest BCUT2D eigenvalue weighted by Crippen LogP contribution is -2.31. The summed E-state index contributed by atoms with van der Waals surface area (Å²) >= 11 is 0. The van der Waals surface area contributed by atoms with E-state index in [2.05, 4.69) is 20.6 Å². The van der Waals surface area contributed by atoms with Gasteiger partial charge in [0, 0.05) is 37.0 Å². The second kappa shape index (κ2) is 7.18. The third-order valence-electron chi connectivity index (χ3n) is 4.94. The lowest BCUT2D eigenvalue weighted by Gasteiger charge is -2.26. The van der Waals surface area contributed by atoms with Crippen molar-refractivity contribution in [2.75, 3.05) is 20.1 Å². The molecule has 3 aromatic rings. The van der Waals surface area contributed by atoms with Crippen LogP contribution in [0.1, 0.15) is 24.7 Å². The summed E-state index contributed by atoms with van der Waals surface area (Å²) in [4.78, 5) is 28.8. The average molecular weight is 368 g/mol. The highest BCUT2D eigenvalue weighted by atomic mass is 16.5. The molecular weight excluding hydrogens is 348 g/mol. The first kappa shape index (κ1) is 17.2. The summed E-state index contributed by atoms with van der Waals surface area (Å²) in [5.41, 5.74) is 1.64. The summed E-state index contributed by atoms with van der Waals surface area (Å²) < 4.78 is 7.13. The molecule has 0 radical (unpaired) electrons. The molecule has 1 saturated heterocycles. The normalized spacial score (nSPS) is 15.2. The van der Waals surface area contributed by atoms with E-state index < -0.39 is 0 Å². The second-order valence-corrected chi connectivity index (χ2v) is 6.62. The Morgan fingerprint density at radius 2 is 2.19 bits per heavy atom. The van der Waals surface area contributed by atoms with Gasteiger partial charge in [0.05, 0.1) is 11.7 Å². The van der Waals surface area contributed by atoms with Crippen LogP contribution >= 0.6 is 0 Å². The van der Waals surface area contributed by atoms with E-state index >= 15 is 0 Å². The number of benzene rings is 1. The number of likely N-dealkylation sites (N-methyl/N-ethyl adjacent to an activating group) is 1. The maximum Gasteiger partial charge on any atom is 0.241 e. The summed E-state index contributed by atoms with van der Waals surface area (Å²) in [5.74, 6) is 1.17. The van der Waals surface area contributed by atoms with Crippen LogP contribution in [-0.2, 0) is 16.1 Å². The molecule has 9 nitrogen and oxygen atoms in total. The smallest absolute Gasteiger partial charge is 0.241 e. The monoisotopic (exact) mass is 368 g/mol. The summed E-state index contributed by atoms with van der Waals surface area (Å²) in [6.07, 6.45) is 4.24. The summed E-state index contributed by atoms with van der Waals surface area (Å²) in [5, 5.41) is 11.9. The Kier molecular flexibility index (Phi) is 4.57. The maximum absolute atomic E-state index is 11.7. The first-order valence-corrected chi connectivity index (χ1v) is 8.87. The number of fused-ring (bicyclic) bond motifs is 1. The third kappa shape index (κ3) is 3.40. The third-order valence-corrected chi connectivity index (χ3v) is 4.94. The zero-order valence-corrected chi connectivity index (χ0v) is 15.0. The number of hydrogen-bond donors (Lipinski definition) is 1. The fourth-order valence-electron chi connectivity index (χ4n) is 3.32. The molecule has 140 valence electrons. The highest BCUT2D eigenvalue weighted by molar-refractivity contribution is 5.85. The molecule has 0 bridgehead atoms. The second-order valence-electron chi connectivity index (χ2n) is 6.62. The van der Waals surface area contributed by atoms with E-state index in [9.17, 15) is 9.59 Å². The molecule has 0 aliphatic carbocycles. The van der Waals surface area contributed by atoms with E-state index in [1.165, 1.54) is 0 Å². The number of carbonyl (C=O) groups is 2. The van der Waals surface area contributed by atoms with Gasteiger partial charge >= 0.3 is 0 Å². The molecule has 1 N–H and O–H groups in total. The topological polar surface area (TPSA) is 106 Å². The van der Waals surface area contributed by atoms with Gasteiger partial charge in [-0.1, -0.05) is 17.3 Å². The molecule has 1 fully saturated rings. The van der Waals surface area contributed by atoms with Crippen molar-refractivity contribution in [2.24, 2.45) is 0 Å². The number of rotatable bonds is 5. The minimum absolute atomic E-state index is 0.117. The largest absolute Gasteiger partial charge is 0.358 e. The number of nitrogens with zero attached hydrogens (tertiary/aromatic N) is 5. The van der Waals surface area contributed by atoms with Crippen molar-refractivity contribution in [2.45, 2.75) is 25.3 Å². The summed E-state index contributed by atoms with van der Waals surface area (Å²) in [6, 6.07) is 5.75. The molecule has 0 unspecified atom stereocenters. The predicted octanol–water partition coefficient (Wildman–Crippen LogP) is 1.17. The summed E-state index contributed by atoms with van der Waals surface area (Å²) in [6.45, 7) is 1.56. The lowest BCUT2D eigenvalue weighted by molar-refractivity contribution is -0.121. The minimum atomic E-state index is -0.117. The molecule has 0 spiro atoms. The van der Waals surface area contributed by atoms with Crippen LogP contribution in [0, 0.1) is 0 Å². The van der Waals surface area contributed by atoms with Gasteiger partial charge in [0.15, 0.2) is 0 Å². The standard InChI is InChI=1S/C18H20N6O3/c1-19-16(26)10-24-15-8-13(2-3-14(15)9-20-24)17-21-18(27-22-17)12-4-6-23(11-25)7-5-12/h2-3,8-9,11-12H,4-7,10H2,1H3,(H,19,26). The van der Waals surface area contributed by atoms with Gasteiger partial charge in [-0.2, -0.15) is 10.1 Å². The van der Waals surface area contributed by atoms with Crippen molar-refractivity contribution in [3.63, 3.8) is 0 Å². The van der Waals surface area contributed by atoms with Gasteiger partial charge in [-0.15, -0.1) is 0 Å². The predicted molar refractivity (Wildman–Crippen MR) is 96.7 cm³/mol. The van der Waals surface area contributed by atoms with Crippen LogP contribution in [0.25, 0.3) is 22.3 Å². The van der Waals surface area contributed by atoms with Gasteiger partial charge in [-0.3, -0.25) is 14.3 Å². The first-order valence-electron chi connectivity index (χ1n) is 8.87. The van der Waals surface area contributed by atoms with Crippen LogP contribution in [0.3, 0.4) is 0 Å². The number of hydrogen-bond acceptors (Lipinski definition) is 6. The molecular formula is C18H20N6O3. The van der Waals surface area contributed by atoms with Crippen LogP contribution < -0.4 is 5.32 Å². The Bertz CT molecular complexity index is 971. The van der Waals surface area contributed by atoms with Crippen LogP contribution in [-0.4, -0.2) is 57.3 Å². The quantitative estimate of drug-likeness (QED) is 0.678. The van der Waals surface area contributed by atoms with Crippen molar-refractivity contribution in [3.05, 3.63) is 30.3 Å². The van der Waals surface area contributed by atoms with Crippen LogP contribution in [0.2, 0.25) is 0 Å². The number of amides is 2. The van der Waals surface area contributed by atoms with E-state index in [-0.39, 0.29) is 18.4 Å². The van der Waals surface area contributed by atoms with Crippen LogP contribution in [0.5, 0.6) is 0 Å². The van der Waals surface area contributed by atoms with E-state index in [4.69, 9.17) is 4.52 Å². The Hall–Kier alpha value is -3.23. The molecule has 0 saturated carbocycles. The Morgan fingerprint density at radius 1 is 1.37 bits per heavy atom. The van der Waals surface area contributed by atoms with Crippen molar-refractivity contribution in [3.8, 4) is 11.4 Å². The molecule has 3 heterocycles. The van der Waals surface area contributed by atoms with Crippen LogP contribution in [0.15, 0.2) is 28.9 Å². The van der Waals surface area contributed by atoms with Gasteiger partial charge in [0.25, 0.3) is 0 Å². The van der Waals surface area contributed by atoms with E-state index in [1.54, 1.807) is 22.8 Å². The van der Waals surface area contributed by atoms with Crippen LogP contribution in [0.4, 0.5) is 0 Å². The Labute approximate surface area is 155 Å². The van der Waals surface area contributed by atoms with Crippen molar-refractivity contribution >= 4 is 23.2 Å². The molecule has 2 aromatic heterocycles. The number of aromatic nitrogens is 4. The molecule has 1 aliphatic rings. The van der Waals surface area contributed by atoms with Gasteiger partial charge in [-0.05, 0) is 18.9 Å². The molecule has 2 amide bonds. The molecule has 27 heavy (non-hydrogen) atoms. The minimum Gasteiger partial charge on any atom is -0.358 e. The SMILES string of the molecule is CNC(=O)Cn1ncc2ccc(-c3noc(C4CCN(C=O)CC4)n3)cc21. The van der Waals surface area contributed by atoms with E-state index in [0.717, 1.165) is 35.7 Å². The number of nitrogens with one attached hydrogen (secondary N) is 1. The lowest BCUT2D eigenvalue weighted by atomic mass is 9.97. The van der Waals surface area contributed by atoms with Gasteiger partial charge in [0.1, 0.15) is 6.54 Å². The van der Waals surface area contributed by atoms with Crippen molar-refractivity contribution in [1.29, 1.82) is 0 Å². The maximum atomic E-state index is 11.7. The molecule has 0 atom stereocenters. The fraction of sp³-hybridized carbons (Fsp3) is 0.389.